The van der Waals surface area contributed by atoms with Gasteiger partial charge in [0.15, 0.2) is 0 Å². The fourth-order valence-electron chi connectivity index (χ4n) is 2.84. The molecule has 0 unspecified atom stereocenters. The zero-order valence-electron chi connectivity index (χ0n) is 15.5. The average Bonchev–Trinajstić information content (AvgIpc) is 3.36. The topological polar surface area (TPSA) is 91.2 Å². The molecule has 9 heteroatoms. The number of furan rings is 1. The van der Waals surface area contributed by atoms with Crippen molar-refractivity contribution in [3.05, 3.63) is 46.3 Å². The van der Waals surface area contributed by atoms with E-state index in [-0.39, 0.29) is 0 Å². The Bertz CT molecular complexity index is 1150. The molecule has 144 valence electrons. The van der Waals surface area contributed by atoms with E-state index in [0.29, 0.717) is 40.4 Å². The number of carbonyl (C=O) groups is 1. The molecule has 0 atom stereocenters. The lowest BCUT2D eigenvalue weighted by molar-refractivity contribution is 0.0526. The summed E-state index contributed by atoms with van der Waals surface area (Å²) < 4.78 is 16.8. The summed E-state index contributed by atoms with van der Waals surface area (Å²) in [5, 5.41) is 10.3. The van der Waals surface area contributed by atoms with E-state index in [1.54, 1.807) is 6.92 Å². The zero-order valence-corrected chi connectivity index (χ0v) is 17.1. The number of hydrogen-bond acceptors (Lipinski definition) is 9. The lowest BCUT2D eigenvalue weighted by Gasteiger charge is -2.02. The number of nitrogens with zero attached hydrogens (tertiary/aromatic N) is 3. The SMILES string of the molecule is CCOC(=O)c1c(CSc2nnc(-c3sc(C)nc3C)o2)oc2ccccc12. The fraction of sp³-hybridized carbons (Fsp3) is 0.263. The van der Waals surface area contributed by atoms with E-state index in [0.717, 1.165) is 21.0 Å². The standard InChI is InChI=1S/C19H17N3O4S2/c1-4-24-18(23)15-12-7-5-6-8-13(12)25-14(15)9-27-19-22-21-17(26-19)16-10(2)20-11(3)28-16/h5-8H,4,9H2,1-3H3. The van der Waals surface area contributed by atoms with E-state index >= 15 is 0 Å². The van der Waals surface area contributed by atoms with Gasteiger partial charge >= 0.3 is 5.97 Å². The molecular formula is C19H17N3O4S2. The van der Waals surface area contributed by atoms with Gasteiger partial charge in [0.05, 0.1) is 23.1 Å². The molecule has 0 amide bonds. The number of aryl methyl sites for hydroxylation is 2. The molecule has 0 aliphatic carbocycles. The monoisotopic (exact) mass is 415 g/mol. The van der Waals surface area contributed by atoms with Crippen LogP contribution in [0, 0.1) is 13.8 Å². The molecule has 1 aromatic carbocycles. The van der Waals surface area contributed by atoms with Gasteiger partial charge < -0.3 is 13.6 Å². The normalized spacial score (nSPS) is 11.2. The Morgan fingerprint density at radius 1 is 1.21 bits per heavy atom. The van der Waals surface area contributed by atoms with Crippen LogP contribution in [0.5, 0.6) is 0 Å². The summed E-state index contributed by atoms with van der Waals surface area (Å²) in [5.74, 6) is 0.936. The van der Waals surface area contributed by atoms with Crippen LogP contribution in [-0.4, -0.2) is 27.8 Å². The van der Waals surface area contributed by atoms with Gasteiger partial charge in [0.2, 0.25) is 0 Å². The minimum absolute atomic E-state index is 0.297. The number of carbonyl (C=O) groups excluding carboxylic acids is 1. The number of esters is 1. The van der Waals surface area contributed by atoms with E-state index in [4.69, 9.17) is 13.6 Å². The first-order valence-corrected chi connectivity index (χ1v) is 10.4. The number of ether oxygens (including phenoxy) is 1. The Morgan fingerprint density at radius 3 is 2.79 bits per heavy atom. The Morgan fingerprint density at radius 2 is 2.04 bits per heavy atom. The Balaban J connectivity index is 1.59. The molecule has 0 saturated carbocycles. The maximum absolute atomic E-state index is 12.4. The highest BCUT2D eigenvalue weighted by Crippen LogP contribution is 2.34. The van der Waals surface area contributed by atoms with Crippen LogP contribution in [0.15, 0.2) is 38.3 Å². The number of rotatable bonds is 6. The molecule has 4 rings (SSSR count). The second kappa shape index (κ2) is 7.76. The van der Waals surface area contributed by atoms with Crippen molar-refractivity contribution in [2.75, 3.05) is 6.61 Å². The number of aromatic nitrogens is 3. The van der Waals surface area contributed by atoms with Gasteiger partial charge in [-0.1, -0.05) is 30.0 Å². The zero-order chi connectivity index (χ0) is 19.7. The second-order valence-corrected chi connectivity index (χ2v) is 8.06. The molecule has 0 saturated heterocycles. The van der Waals surface area contributed by atoms with Crippen molar-refractivity contribution < 1.29 is 18.4 Å². The van der Waals surface area contributed by atoms with Crippen LogP contribution < -0.4 is 0 Å². The van der Waals surface area contributed by atoms with Crippen LogP contribution in [0.3, 0.4) is 0 Å². The molecule has 4 aromatic rings. The summed E-state index contributed by atoms with van der Waals surface area (Å²) in [5.41, 5.74) is 1.95. The summed E-state index contributed by atoms with van der Waals surface area (Å²) >= 11 is 2.82. The lowest BCUT2D eigenvalue weighted by atomic mass is 10.1. The third kappa shape index (κ3) is 3.55. The number of para-hydroxylation sites is 1. The minimum atomic E-state index is -0.398. The van der Waals surface area contributed by atoms with Crippen molar-refractivity contribution in [3.8, 4) is 10.8 Å². The van der Waals surface area contributed by atoms with Gasteiger partial charge in [-0.2, -0.15) is 0 Å². The third-order valence-corrected chi connectivity index (χ3v) is 5.86. The highest BCUT2D eigenvalue weighted by atomic mass is 32.2. The molecule has 0 fully saturated rings. The molecule has 0 bridgehead atoms. The third-order valence-electron chi connectivity index (χ3n) is 3.98. The average molecular weight is 415 g/mol. The predicted octanol–water partition coefficient (Wildman–Crippen LogP) is 5.03. The summed E-state index contributed by atoms with van der Waals surface area (Å²) in [6.07, 6.45) is 0. The number of benzene rings is 1. The first-order valence-electron chi connectivity index (χ1n) is 8.65. The number of hydrogen-bond donors (Lipinski definition) is 0. The molecule has 0 aliphatic rings. The molecule has 3 aromatic heterocycles. The largest absolute Gasteiger partial charge is 0.462 e. The van der Waals surface area contributed by atoms with E-state index < -0.39 is 5.97 Å². The van der Waals surface area contributed by atoms with Crippen LogP contribution in [0.25, 0.3) is 21.7 Å². The van der Waals surface area contributed by atoms with E-state index in [9.17, 15) is 4.79 Å². The van der Waals surface area contributed by atoms with E-state index in [2.05, 4.69) is 15.2 Å². The fourth-order valence-corrected chi connectivity index (χ4v) is 4.38. The summed E-state index contributed by atoms with van der Waals surface area (Å²) in [6, 6.07) is 7.40. The first-order chi connectivity index (χ1) is 13.6. The number of thioether (sulfide) groups is 1. The number of fused-ring (bicyclic) bond motifs is 1. The lowest BCUT2D eigenvalue weighted by Crippen LogP contribution is -2.06. The Hall–Kier alpha value is -2.65. The van der Waals surface area contributed by atoms with Crippen molar-refractivity contribution in [1.29, 1.82) is 0 Å². The van der Waals surface area contributed by atoms with Crippen molar-refractivity contribution in [2.45, 2.75) is 31.7 Å². The van der Waals surface area contributed by atoms with E-state index in [1.807, 2.05) is 38.1 Å². The van der Waals surface area contributed by atoms with Crippen LogP contribution >= 0.6 is 23.1 Å². The Kier molecular flexibility index (Phi) is 5.19. The maximum atomic E-state index is 12.4. The van der Waals surface area contributed by atoms with Crippen molar-refractivity contribution >= 4 is 40.0 Å². The maximum Gasteiger partial charge on any atom is 0.342 e. The van der Waals surface area contributed by atoms with Crippen molar-refractivity contribution in [1.82, 2.24) is 15.2 Å². The van der Waals surface area contributed by atoms with E-state index in [1.165, 1.54) is 23.1 Å². The molecule has 0 radical (unpaired) electrons. The molecule has 3 heterocycles. The van der Waals surface area contributed by atoms with Gasteiger partial charge in [-0.25, -0.2) is 9.78 Å². The Labute approximate surface area is 169 Å². The molecular weight excluding hydrogens is 398 g/mol. The van der Waals surface area contributed by atoms with Gasteiger partial charge in [-0.3, -0.25) is 0 Å². The minimum Gasteiger partial charge on any atom is -0.462 e. The molecule has 0 spiro atoms. The van der Waals surface area contributed by atoms with Crippen LogP contribution in [0.4, 0.5) is 0 Å². The van der Waals surface area contributed by atoms with Gasteiger partial charge in [-0.05, 0) is 26.8 Å². The molecule has 28 heavy (non-hydrogen) atoms. The predicted molar refractivity (Wildman–Crippen MR) is 107 cm³/mol. The second-order valence-electron chi connectivity index (χ2n) is 5.93. The van der Waals surface area contributed by atoms with Crippen LogP contribution in [0.2, 0.25) is 0 Å². The first kappa shape index (κ1) is 18.7. The molecule has 0 N–H and O–H groups in total. The highest BCUT2D eigenvalue weighted by molar-refractivity contribution is 7.98. The number of thiazole rings is 1. The molecule has 0 aliphatic heterocycles. The van der Waals surface area contributed by atoms with Crippen LogP contribution in [-0.2, 0) is 10.5 Å². The summed E-state index contributed by atoms with van der Waals surface area (Å²) in [4.78, 5) is 17.7. The van der Waals surface area contributed by atoms with Crippen molar-refractivity contribution in [3.63, 3.8) is 0 Å². The summed E-state index contributed by atoms with van der Waals surface area (Å²) in [6.45, 7) is 5.92. The van der Waals surface area contributed by atoms with Crippen molar-refractivity contribution in [2.24, 2.45) is 0 Å². The van der Waals surface area contributed by atoms with Gasteiger partial charge in [-0.15, -0.1) is 21.5 Å². The quantitative estimate of drug-likeness (QED) is 0.320. The van der Waals surface area contributed by atoms with Gasteiger partial charge in [0.25, 0.3) is 11.1 Å². The highest BCUT2D eigenvalue weighted by Gasteiger charge is 2.23. The van der Waals surface area contributed by atoms with Gasteiger partial charge in [0.1, 0.15) is 21.8 Å². The van der Waals surface area contributed by atoms with Gasteiger partial charge in [0, 0.05) is 5.39 Å². The van der Waals surface area contributed by atoms with Crippen LogP contribution in [0.1, 0.15) is 33.7 Å². The summed E-state index contributed by atoms with van der Waals surface area (Å²) in [7, 11) is 0. The smallest absolute Gasteiger partial charge is 0.342 e. The molecule has 7 nitrogen and oxygen atoms in total.